The number of nitrogens with one attached hydrogen (secondary N) is 1. The van der Waals surface area contributed by atoms with Gasteiger partial charge in [-0.1, -0.05) is 42.5 Å². The maximum Gasteiger partial charge on any atom is 0.118 e. The van der Waals surface area contributed by atoms with Crippen molar-refractivity contribution in [3.05, 3.63) is 65.7 Å². The van der Waals surface area contributed by atoms with E-state index in [4.69, 9.17) is 9.47 Å². The van der Waals surface area contributed by atoms with E-state index in [-0.39, 0.29) is 12.2 Å². The molecule has 0 spiro atoms. The Hall–Kier alpha value is -1.84. The van der Waals surface area contributed by atoms with E-state index in [1.54, 1.807) is 7.11 Å². The van der Waals surface area contributed by atoms with E-state index in [9.17, 15) is 0 Å². The minimum atomic E-state index is 0.0508. The second-order valence-electron chi connectivity index (χ2n) is 5.43. The smallest absolute Gasteiger partial charge is 0.118 e. The molecule has 2 aromatic rings. The number of hydrogen-bond acceptors (Lipinski definition) is 3. The van der Waals surface area contributed by atoms with Gasteiger partial charge in [-0.05, 0) is 30.2 Å². The molecule has 0 aliphatic carbocycles. The largest absolute Gasteiger partial charge is 0.497 e. The van der Waals surface area contributed by atoms with Crippen molar-refractivity contribution in [1.29, 1.82) is 0 Å². The number of morpholine rings is 1. The first kappa shape index (κ1) is 14.1. The standard InChI is InChI=1S/C18H21NO2/c1-13-18(15-8-10-16(20-2)11-9-15)21-17(12-19-13)14-6-4-3-5-7-14/h3-11,13,17-19H,12H2,1-2H3. The van der Waals surface area contributed by atoms with Crippen molar-refractivity contribution in [3.8, 4) is 5.75 Å². The molecular formula is C18H21NO2. The summed E-state index contributed by atoms with van der Waals surface area (Å²) in [6.07, 6.45) is 0.143. The van der Waals surface area contributed by atoms with Gasteiger partial charge in [-0.2, -0.15) is 0 Å². The van der Waals surface area contributed by atoms with Crippen LogP contribution >= 0.6 is 0 Å². The molecule has 1 heterocycles. The van der Waals surface area contributed by atoms with Gasteiger partial charge in [-0.25, -0.2) is 0 Å². The van der Waals surface area contributed by atoms with Gasteiger partial charge in [0, 0.05) is 12.6 Å². The molecule has 110 valence electrons. The highest BCUT2D eigenvalue weighted by Gasteiger charge is 2.29. The first-order chi connectivity index (χ1) is 10.3. The monoisotopic (exact) mass is 283 g/mol. The Kier molecular flexibility index (Phi) is 4.23. The summed E-state index contributed by atoms with van der Waals surface area (Å²) < 4.78 is 11.6. The van der Waals surface area contributed by atoms with E-state index in [1.807, 2.05) is 18.2 Å². The Morgan fingerprint density at radius 2 is 1.71 bits per heavy atom. The lowest BCUT2D eigenvalue weighted by Crippen LogP contribution is -2.43. The number of rotatable bonds is 3. The van der Waals surface area contributed by atoms with E-state index in [1.165, 1.54) is 11.1 Å². The predicted octanol–water partition coefficient (Wildman–Crippen LogP) is 3.49. The average Bonchev–Trinajstić information content (AvgIpc) is 2.56. The molecule has 0 saturated carbocycles. The lowest BCUT2D eigenvalue weighted by molar-refractivity contribution is -0.0632. The third kappa shape index (κ3) is 3.09. The maximum absolute atomic E-state index is 6.34. The summed E-state index contributed by atoms with van der Waals surface area (Å²) in [6.45, 7) is 3.01. The second kappa shape index (κ2) is 6.29. The zero-order chi connectivity index (χ0) is 14.7. The van der Waals surface area contributed by atoms with Gasteiger partial charge in [0.25, 0.3) is 0 Å². The van der Waals surface area contributed by atoms with E-state index in [0.717, 1.165) is 12.3 Å². The Bertz CT molecular complexity index is 568. The summed E-state index contributed by atoms with van der Waals surface area (Å²) in [6, 6.07) is 18.8. The quantitative estimate of drug-likeness (QED) is 0.935. The first-order valence-electron chi connectivity index (χ1n) is 7.35. The number of benzene rings is 2. The van der Waals surface area contributed by atoms with Gasteiger partial charge in [0.15, 0.2) is 0 Å². The van der Waals surface area contributed by atoms with Crippen LogP contribution in [0, 0.1) is 0 Å². The molecule has 0 amide bonds. The average molecular weight is 283 g/mol. The SMILES string of the molecule is COc1ccc(C2OC(c3ccccc3)CNC2C)cc1. The van der Waals surface area contributed by atoms with Gasteiger partial charge in [-0.3, -0.25) is 0 Å². The predicted molar refractivity (Wildman–Crippen MR) is 83.5 cm³/mol. The van der Waals surface area contributed by atoms with Crippen LogP contribution < -0.4 is 10.1 Å². The third-order valence-corrected chi connectivity index (χ3v) is 4.01. The minimum absolute atomic E-state index is 0.0508. The molecule has 3 heteroatoms. The zero-order valence-corrected chi connectivity index (χ0v) is 12.5. The summed E-state index contributed by atoms with van der Waals surface area (Å²) >= 11 is 0. The number of ether oxygens (including phenoxy) is 2. The number of hydrogen-bond donors (Lipinski definition) is 1. The first-order valence-corrected chi connectivity index (χ1v) is 7.35. The van der Waals surface area contributed by atoms with E-state index >= 15 is 0 Å². The van der Waals surface area contributed by atoms with Crippen LogP contribution in [0.4, 0.5) is 0 Å². The van der Waals surface area contributed by atoms with Crippen molar-refractivity contribution in [3.63, 3.8) is 0 Å². The highest BCUT2D eigenvalue weighted by molar-refractivity contribution is 5.30. The maximum atomic E-state index is 6.34. The molecule has 0 bridgehead atoms. The fourth-order valence-corrected chi connectivity index (χ4v) is 2.77. The molecule has 1 fully saturated rings. The van der Waals surface area contributed by atoms with Crippen molar-refractivity contribution in [2.75, 3.05) is 13.7 Å². The fraction of sp³-hybridized carbons (Fsp3) is 0.333. The molecule has 0 aromatic heterocycles. The molecular weight excluding hydrogens is 262 g/mol. The van der Waals surface area contributed by atoms with Crippen LogP contribution in [0.25, 0.3) is 0 Å². The normalized spacial score (nSPS) is 25.5. The summed E-state index contributed by atoms with van der Waals surface area (Å²) in [7, 11) is 1.68. The van der Waals surface area contributed by atoms with Gasteiger partial charge in [0.05, 0.1) is 19.3 Å². The molecule has 21 heavy (non-hydrogen) atoms. The summed E-state index contributed by atoms with van der Waals surface area (Å²) in [4.78, 5) is 0. The van der Waals surface area contributed by atoms with E-state index < -0.39 is 0 Å². The zero-order valence-electron chi connectivity index (χ0n) is 12.5. The van der Waals surface area contributed by atoms with E-state index in [0.29, 0.717) is 6.04 Å². The van der Waals surface area contributed by atoms with Gasteiger partial charge >= 0.3 is 0 Å². The summed E-state index contributed by atoms with van der Waals surface area (Å²) in [5.41, 5.74) is 2.40. The molecule has 3 nitrogen and oxygen atoms in total. The Morgan fingerprint density at radius 3 is 2.38 bits per heavy atom. The molecule has 1 aliphatic heterocycles. The Balaban J connectivity index is 1.80. The van der Waals surface area contributed by atoms with Gasteiger partial charge in [-0.15, -0.1) is 0 Å². The van der Waals surface area contributed by atoms with Crippen molar-refractivity contribution >= 4 is 0 Å². The lowest BCUT2D eigenvalue weighted by atomic mass is 9.99. The molecule has 3 unspecified atom stereocenters. The molecule has 3 atom stereocenters. The molecule has 1 aliphatic rings. The Labute approximate surface area is 125 Å². The third-order valence-electron chi connectivity index (χ3n) is 4.01. The van der Waals surface area contributed by atoms with Crippen LogP contribution in [0.2, 0.25) is 0 Å². The van der Waals surface area contributed by atoms with Crippen LogP contribution in [-0.4, -0.2) is 19.7 Å². The van der Waals surface area contributed by atoms with Gasteiger partial charge in [0.2, 0.25) is 0 Å². The highest BCUT2D eigenvalue weighted by Crippen LogP contribution is 2.33. The topological polar surface area (TPSA) is 30.5 Å². The van der Waals surface area contributed by atoms with Gasteiger partial charge in [0.1, 0.15) is 5.75 Å². The van der Waals surface area contributed by atoms with Crippen molar-refractivity contribution < 1.29 is 9.47 Å². The van der Waals surface area contributed by atoms with E-state index in [2.05, 4.69) is 48.6 Å². The lowest BCUT2D eigenvalue weighted by Gasteiger charge is -2.36. The van der Waals surface area contributed by atoms with Gasteiger partial charge < -0.3 is 14.8 Å². The molecule has 2 aromatic carbocycles. The molecule has 3 rings (SSSR count). The van der Waals surface area contributed by atoms with Crippen molar-refractivity contribution in [2.24, 2.45) is 0 Å². The molecule has 1 N–H and O–H groups in total. The summed E-state index contributed by atoms with van der Waals surface area (Å²) in [5.74, 6) is 0.870. The van der Waals surface area contributed by atoms with Crippen LogP contribution in [0.5, 0.6) is 5.75 Å². The van der Waals surface area contributed by atoms with Crippen LogP contribution in [-0.2, 0) is 4.74 Å². The van der Waals surface area contributed by atoms with Crippen molar-refractivity contribution in [1.82, 2.24) is 5.32 Å². The molecule has 0 radical (unpaired) electrons. The number of methoxy groups -OCH3 is 1. The molecule has 1 saturated heterocycles. The van der Waals surface area contributed by atoms with Crippen LogP contribution in [0.3, 0.4) is 0 Å². The van der Waals surface area contributed by atoms with Crippen LogP contribution in [0.1, 0.15) is 30.3 Å². The second-order valence-corrected chi connectivity index (χ2v) is 5.43. The summed E-state index contributed by atoms with van der Waals surface area (Å²) in [5, 5.41) is 3.55. The van der Waals surface area contributed by atoms with Crippen LogP contribution in [0.15, 0.2) is 54.6 Å². The minimum Gasteiger partial charge on any atom is -0.497 e. The fourth-order valence-electron chi connectivity index (χ4n) is 2.77. The highest BCUT2D eigenvalue weighted by atomic mass is 16.5. The Morgan fingerprint density at radius 1 is 1.00 bits per heavy atom. The van der Waals surface area contributed by atoms with Crippen molar-refractivity contribution in [2.45, 2.75) is 25.2 Å².